The van der Waals surface area contributed by atoms with Crippen molar-refractivity contribution in [2.75, 3.05) is 13.7 Å². The van der Waals surface area contributed by atoms with E-state index in [4.69, 9.17) is 9.15 Å². The molecule has 0 aliphatic rings. The van der Waals surface area contributed by atoms with E-state index in [1.807, 2.05) is 38.1 Å². The summed E-state index contributed by atoms with van der Waals surface area (Å²) in [4.78, 5) is 11.8. The van der Waals surface area contributed by atoms with Crippen molar-refractivity contribution in [2.24, 2.45) is 0 Å². The first-order chi connectivity index (χ1) is 10.1. The van der Waals surface area contributed by atoms with Gasteiger partial charge in [0.1, 0.15) is 5.75 Å². The third-order valence-corrected chi connectivity index (χ3v) is 2.99. The smallest absolute Gasteiger partial charge is 0.308 e. The topological polar surface area (TPSA) is 77.2 Å². The van der Waals surface area contributed by atoms with Crippen LogP contribution in [-0.4, -0.2) is 29.8 Å². The summed E-state index contributed by atoms with van der Waals surface area (Å²) in [6.45, 7) is 4.36. The highest BCUT2D eigenvalue weighted by molar-refractivity contribution is 5.89. The molecule has 21 heavy (non-hydrogen) atoms. The van der Waals surface area contributed by atoms with Crippen LogP contribution in [0.1, 0.15) is 41.9 Å². The van der Waals surface area contributed by atoms with E-state index in [-0.39, 0.29) is 17.7 Å². The molecule has 1 aromatic heterocycles. The zero-order chi connectivity index (χ0) is 15.2. The van der Waals surface area contributed by atoms with Crippen LogP contribution >= 0.6 is 0 Å². The van der Waals surface area contributed by atoms with Crippen molar-refractivity contribution < 1.29 is 13.9 Å². The molecule has 1 aromatic carbocycles. The second kappa shape index (κ2) is 6.88. The fourth-order valence-electron chi connectivity index (χ4n) is 1.75. The first-order valence-corrected chi connectivity index (χ1v) is 6.84. The number of benzene rings is 1. The van der Waals surface area contributed by atoms with E-state index in [1.54, 1.807) is 7.11 Å². The fraction of sp³-hybridized carbons (Fsp3) is 0.400. The van der Waals surface area contributed by atoms with E-state index >= 15 is 0 Å². The van der Waals surface area contributed by atoms with Gasteiger partial charge >= 0.3 is 11.8 Å². The van der Waals surface area contributed by atoms with Crippen molar-refractivity contribution in [3.05, 3.63) is 41.6 Å². The molecule has 2 rings (SSSR count). The first kappa shape index (κ1) is 15.0. The van der Waals surface area contributed by atoms with Crippen LogP contribution in [0.15, 0.2) is 28.7 Å². The summed E-state index contributed by atoms with van der Waals surface area (Å²) in [5.41, 5.74) is 1.12. The van der Waals surface area contributed by atoms with Gasteiger partial charge in [-0.05, 0) is 24.1 Å². The summed E-state index contributed by atoms with van der Waals surface area (Å²) in [7, 11) is 1.63. The number of ether oxygens (including phenoxy) is 1. The lowest BCUT2D eigenvalue weighted by Gasteiger charge is -2.04. The Morgan fingerprint density at radius 3 is 2.57 bits per heavy atom. The third kappa shape index (κ3) is 4.05. The van der Waals surface area contributed by atoms with E-state index in [2.05, 4.69) is 15.5 Å². The predicted molar refractivity (Wildman–Crippen MR) is 77.4 cm³/mol. The molecule has 0 bridgehead atoms. The molecular formula is C15H19N3O3. The molecular weight excluding hydrogens is 270 g/mol. The Hall–Kier alpha value is -2.37. The number of rotatable bonds is 6. The Bertz CT molecular complexity index is 590. The summed E-state index contributed by atoms with van der Waals surface area (Å²) < 4.78 is 10.4. The summed E-state index contributed by atoms with van der Waals surface area (Å²) in [6.07, 6.45) is 0.723. The minimum atomic E-state index is -0.345. The SMILES string of the molecule is COc1ccc(CCNC(=O)c2nnc(C(C)C)o2)cc1. The minimum absolute atomic E-state index is 0.00781. The maximum atomic E-state index is 11.8. The molecule has 0 spiro atoms. The molecule has 0 saturated carbocycles. The van der Waals surface area contributed by atoms with Crippen molar-refractivity contribution in [3.63, 3.8) is 0 Å². The number of nitrogens with zero attached hydrogens (tertiary/aromatic N) is 2. The van der Waals surface area contributed by atoms with Crippen LogP contribution in [0.4, 0.5) is 0 Å². The Balaban J connectivity index is 1.83. The third-order valence-electron chi connectivity index (χ3n) is 2.99. The molecule has 6 heteroatoms. The van der Waals surface area contributed by atoms with Crippen LogP contribution in [-0.2, 0) is 6.42 Å². The molecule has 0 radical (unpaired) electrons. The second-order valence-electron chi connectivity index (χ2n) is 4.95. The van der Waals surface area contributed by atoms with E-state index in [0.29, 0.717) is 12.4 Å². The van der Waals surface area contributed by atoms with Gasteiger partial charge in [0.15, 0.2) is 0 Å². The molecule has 1 amide bonds. The molecule has 0 fully saturated rings. The van der Waals surface area contributed by atoms with Gasteiger partial charge in [-0.1, -0.05) is 26.0 Å². The quantitative estimate of drug-likeness (QED) is 0.882. The summed E-state index contributed by atoms with van der Waals surface area (Å²) in [6, 6.07) is 7.72. The van der Waals surface area contributed by atoms with Crippen LogP contribution in [0.2, 0.25) is 0 Å². The highest BCUT2D eigenvalue weighted by Crippen LogP contribution is 2.12. The lowest BCUT2D eigenvalue weighted by Crippen LogP contribution is -2.26. The fourth-order valence-corrected chi connectivity index (χ4v) is 1.75. The molecule has 2 aromatic rings. The number of carbonyl (C=O) groups excluding carboxylic acids is 1. The van der Waals surface area contributed by atoms with Gasteiger partial charge in [-0.2, -0.15) is 0 Å². The van der Waals surface area contributed by atoms with E-state index in [0.717, 1.165) is 17.7 Å². The largest absolute Gasteiger partial charge is 0.497 e. The molecule has 0 aliphatic carbocycles. The molecule has 0 saturated heterocycles. The van der Waals surface area contributed by atoms with E-state index in [9.17, 15) is 4.79 Å². The highest BCUT2D eigenvalue weighted by Gasteiger charge is 2.15. The minimum Gasteiger partial charge on any atom is -0.497 e. The van der Waals surface area contributed by atoms with Crippen molar-refractivity contribution >= 4 is 5.91 Å². The van der Waals surface area contributed by atoms with Gasteiger partial charge in [0.05, 0.1) is 7.11 Å². The highest BCUT2D eigenvalue weighted by atomic mass is 16.5. The number of aromatic nitrogens is 2. The zero-order valence-corrected chi connectivity index (χ0v) is 12.4. The molecule has 112 valence electrons. The zero-order valence-electron chi connectivity index (χ0n) is 12.4. The number of amides is 1. The van der Waals surface area contributed by atoms with Gasteiger partial charge in [-0.3, -0.25) is 4.79 Å². The lowest BCUT2D eigenvalue weighted by molar-refractivity contribution is 0.0917. The van der Waals surface area contributed by atoms with Crippen LogP contribution in [0.5, 0.6) is 5.75 Å². The molecule has 0 atom stereocenters. The molecule has 6 nitrogen and oxygen atoms in total. The van der Waals surface area contributed by atoms with Crippen molar-refractivity contribution in [1.29, 1.82) is 0 Å². The molecule has 1 heterocycles. The summed E-state index contributed by atoms with van der Waals surface area (Å²) in [5.74, 6) is 1.06. The van der Waals surface area contributed by atoms with Crippen molar-refractivity contribution in [2.45, 2.75) is 26.2 Å². The maximum absolute atomic E-state index is 11.8. The summed E-state index contributed by atoms with van der Waals surface area (Å²) >= 11 is 0. The first-order valence-electron chi connectivity index (χ1n) is 6.84. The Morgan fingerprint density at radius 2 is 2.00 bits per heavy atom. The van der Waals surface area contributed by atoms with Gasteiger partial charge < -0.3 is 14.5 Å². The lowest BCUT2D eigenvalue weighted by atomic mass is 10.1. The number of hydrogen-bond acceptors (Lipinski definition) is 5. The number of carbonyl (C=O) groups is 1. The second-order valence-corrected chi connectivity index (χ2v) is 4.95. The van der Waals surface area contributed by atoms with Crippen molar-refractivity contribution in [3.8, 4) is 5.75 Å². The summed E-state index contributed by atoms with van der Waals surface area (Å²) in [5, 5.41) is 10.3. The van der Waals surface area contributed by atoms with Crippen LogP contribution in [0, 0.1) is 0 Å². The van der Waals surface area contributed by atoms with E-state index < -0.39 is 0 Å². The molecule has 0 unspecified atom stereocenters. The molecule has 0 aliphatic heterocycles. The Kier molecular flexibility index (Phi) is 4.92. The Labute approximate surface area is 123 Å². The van der Waals surface area contributed by atoms with Gasteiger partial charge in [0.2, 0.25) is 5.89 Å². The normalized spacial score (nSPS) is 10.7. The van der Waals surface area contributed by atoms with Crippen LogP contribution in [0.3, 0.4) is 0 Å². The van der Waals surface area contributed by atoms with Gasteiger partial charge in [0.25, 0.3) is 0 Å². The van der Waals surface area contributed by atoms with E-state index in [1.165, 1.54) is 0 Å². The Morgan fingerprint density at radius 1 is 1.29 bits per heavy atom. The number of methoxy groups -OCH3 is 1. The monoisotopic (exact) mass is 289 g/mol. The van der Waals surface area contributed by atoms with Gasteiger partial charge in [0, 0.05) is 12.5 Å². The maximum Gasteiger partial charge on any atom is 0.308 e. The van der Waals surface area contributed by atoms with Crippen LogP contribution < -0.4 is 10.1 Å². The van der Waals surface area contributed by atoms with Crippen molar-refractivity contribution in [1.82, 2.24) is 15.5 Å². The predicted octanol–water partition coefficient (Wildman–Crippen LogP) is 2.17. The number of nitrogens with one attached hydrogen (secondary N) is 1. The number of hydrogen-bond donors (Lipinski definition) is 1. The standard InChI is InChI=1S/C15H19N3O3/c1-10(2)14-17-18-15(21-14)13(19)16-9-8-11-4-6-12(20-3)7-5-11/h4-7,10H,8-9H2,1-3H3,(H,16,19). The van der Waals surface area contributed by atoms with Gasteiger partial charge in [-0.15, -0.1) is 10.2 Å². The molecule has 1 N–H and O–H groups in total. The average Bonchev–Trinajstić information content (AvgIpc) is 2.98. The van der Waals surface area contributed by atoms with Gasteiger partial charge in [-0.25, -0.2) is 0 Å². The van der Waals surface area contributed by atoms with Crippen LogP contribution in [0.25, 0.3) is 0 Å². The average molecular weight is 289 g/mol.